The number of aromatic carboxylic acids is 1. The summed E-state index contributed by atoms with van der Waals surface area (Å²) < 4.78 is 8.43. The summed E-state index contributed by atoms with van der Waals surface area (Å²) >= 11 is 0. The Morgan fingerprint density at radius 1 is 1.52 bits per heavy atom. The molecule has 8 nitrogen and oxygen atoms in total. The Balaban J connectivity index is 2.23. The minimum Gasteiger partial charge on any atom is -0.476 e. The highest BCUT2D eigenvalue weighted by atomic mass is 16.5. The molecule has 0 radical (unpaired) electrons. The average Bonchev–Trinajstić information content (AvgIpc) is 3.07. The zero-order valence-corrected chi connectivity index (χ0v) is 12.4. The quantitative estimate of drug-likeness (QED) is 0.827. The lowest BCUT2D eigenvalue weighted by Crippen LogP contribution is -2.11. The molecule has 1 atom stereocenters. The summed E-state index contributed by atoms with van der Waals surface area (Å²) in [4.78, 5) is 11.1. The molecule has 0 saturated carbocycles. The van der Waals surface area contributed by atoms with Gasteiger partial charge in [-0.05, 0) is 19.4 Å². The third-order valence-corrected chi connectivity index (χ3v) is 3.34. The van der Waals surface area contributed by atoms with Crippen LogP contribution in [0.25, 0.3) is 0 Å². The van der Waals surface area contributed by atoms with Gasteiger partial charge in [-0.15, -0.1) is 5.10 Å². The lowest BCUT2D eigenvalue weighted by atomic mass is 10.3. The van der Waals surface area contributed by atoms with Gasteiger partial charge in [-0.3, -0.25) is 4.68 Å². The van der Waals surface area contributed by atoms with E-state index in [0.717, 1.165) is 12.1 Å². The van der Waals surface area contributed by atoms with Crippen molar-refractivity contribution in [2.24, 2.45) is 0 Å². The van der Waals surface area contributed by atoms with Crippen molar-refractivity contribution in [3.05, 3.63) is 29.3 Å². The highest BCUT2D eigenvalue weighted by Crippen LogP contribution is 2.12. The first-order valence-electron chi connectivity index (χ1n) is 6.75. The Hall–Kier alpha value is -2.22. The van der Waals surface area contributed by atoms with Crippen molar-refractivity contribution in [1.82, 2.24) is 24.8 Å². The van der Waals surface area contributed by atoms with Crippen molar-refractivity contribution >= 4 is 5.97 Å². The van der Waals surface area contributed by atoms with Crippen molar-refractivity contribution < 1.29 is 14.6 Å². The maximum Gasteiger partial charge on any atom is 0.358 e. The van der Waals surface area contributed by atoms with Gasteiger partial charge in [0.15, 0.2) is 5.69 Å². The number of methoxy groups -OCH3 is 1. The van der Waals surface area contributed by atoms with E-state index in [4.69, 9.17) is 9.84 Å². The van der Waals surface area contributed by atoms with Gasteiger partial charge in [0.25, 0.3) is 0 Å². The number of carboxylic acid groups (broad SMARTS) is 1. The molecular weight excluding hydrogens is 274 g/mol. The Kier molecular flexibility index (Phi) is 4.69. The highest BCUT2D eigenvalue weighted by Gasteiger charge is 2.19. The number of hydrogen-bond acceptors (Lipinski definition) is 5. The number of hydrogen-bond donors (Lipinski definition) is 1. The summed E-state index contributed by atoms with van der Waals surface area (Å²) in [7, 11) is 1.50. The predicted octanol–water partition coefficient (Wildman–Crippen LogP) is 1.34. The number of carbonyl (C=O) groups is 1. The van der Waals surface area contributed by atoms with E-state index < -0.39 is 5.97 Å². The molecule has 0 bridgehead atoms. The SMILES string of the molecule is CCC(C)n1ccc(Cn2nnc(C(=O)O)c2COC)n1. The first-order chi connectivity index (χ1) is 10.1. The Morgan fingerprint density at radius 3 is 2.90 bits per heavy atom. The highest BCUT2D eigenvalue weighted by molar-refractivity contribution is 5.86. The fourth-order valence-corrected chi connectivity index (χ4v) is 1.95. The molecule has 0 amide bonds. The zero-order chi connectivity index (χ0) is 15.4. The molecule has 0 aliphatic carbocycles. The minimum atomic E-state index is -1.11. The summed E-state index contributed by atoms with van der Waals surface area (Å²) in [5, 5.41) is 21.1. The van der Waals surface area contributed by atoms with Gasteiger partial charge in [0, 0.05) is 19.3 Å². The second kappa shape index (κ2) is 6.49. The molecule has 1 N–H and O–H groups in total. The molecule has 2 aromatic rings. The van der Waals surface area contributed by atoms with Crippen LogP contribution in [0.2, 0.25) is 0 Å². The summed E-state index contributed by atoms with van der Waals surface area (Å²) in [5.74, 6) is -1.11. The first kappa shape index (κ1) is 15.2. The Morgan fingerprint density at radius 2 is 2.29 bits per heavy atom. The van der Waals surface area contributed by atoms with Crippen molar-refractivity contribution in [3.63, 3.8) is 0 Å². The van der Waals surface area contributed by atoms with E-state index in [1.165, 1.54) is 11.8 Å². The van der Waals surface area contributed by atoms with Crippen molar-refractivity contribution in [2.45, 2.75) is 39.5 Å². The molecular formula is C13H19N5O3. The van der Waals surface area contributed by atoms with E-state index >= 15 is 0 Å². The van der Waals surface area contributed by atoms with Crippen LogP contribution in [0.5, 0.6) is 0 Å². The zero-order valence-electron chi connectivity index (χ0n) is 12.4. The van der Waals surface area contributed by atoms with Gasteiger partial charge in [0.1, 0.15) is 0 Å². The maximum atomic E-state index is 11.1. The Labute approximate surface area is 122 Å². The number of rotatable bonds is 7. The van der Waals surface area contributed by atoms with Crippen LogP contribution in [0.3, 0.4) is 0 Å². The average molecular weight is 293 g/mol. The minimum absolute atomic E-state index is 0.0850. The molecule has 0 aromatic carbocycles. The van der Waals surface area contributed by atoms with Crippen LogP contribution in [-0.2, 0) is 17.9 Å². The summed E-state index contributed by atoms with van der Waals surface area (Å²) in [5.41, 5.74) is 1.15. The molecule has 8 heteroatoms. The summed E-state index contributed by atoms with van der Waals surface area (Å²) in [6.07, 6.45) is 2.90. The van der Waals surface area contributed by atoms with E-state index in [2.05, 4.69) is 29.3 Å². The van der Waals surface area contributed by atoms with Gasteiger partial charge in [-0.2, -0.15) is 5.10 Å². The lowest BCUT2D eigenvalue weighted by Gasteiger charge is -2.08. The van der Waals surface area contributed by atoms with Crippen LogP contribution in [0, 0.1) is 0 Å². The van der Waals surface area contributed by atoms with Crippen molar-refractivity contribution in [2.75, 3.05) is 7.11 Å². The molecule has 2 aromatic heterocycles. The normalized spacial score (nSPS) is 12.5. The third kappa shape index (κ3) is 3.27. The van der Waals surface area contributed by atoms with E-state index in [-0.39, 0.29) is 12.3 Å². The summed E-state index contributed by atoms with van der Waals surface area (Å²) in [6.45, 7) is 4.69. The largest absolute Gasteiger partial charge is 0.476 e. The first-order valence-corrected chi connectivity index (χ1v) is 6.75. The van der Waals surface area contributed by atoms with E-state index in [1.54, 1.807) is 0 Å². The molecule has 1 unspecified atom stereocenters. The molecule has 0 spiro atoms. The smallest absolute Gasteiger partial charge is 0.358 e. The van der Waals surface area contributed by atoms with Gasteiger partial charge in [0.05, 0.1) is 24.5 Å². The second-order valence-corrected chi connectivity index (χ2v) is 4.82. The molecule has 0 fully saturated rings. The lowest BCUT2D eigenvalue weighted by molar-refractivity contribution is 0.0684. The number of carboxylic acids is 1. The van der Waals surface area contributed by atoms with E-state index in [1.807, 2.05) is 16.9 Å². The van der Waals surface area contributed by atoms with Crippen LogP contribution in [-0.4, -0.2) is 43.0 Å². The topological polar surface area (TPSA) is 95.1 Å². The predicted molar refractivity (Wildman–Crippen MR) is 74.0 cm³/mol. The molecule has 0 aliphatic rings. The number of ether oxygens (including phenoxy) is 1. The maximum absolute atomic E-state index is 11.1. The van der Waals surface area contributed by atoms with Crippen LogP contribution in [0.4, 0.5) is 0 Å². The van der Waals surface area contributed by atoms with Crippen LogP contribution in [0.15, 0.2) is 12.3 Å². The van der Waals surface area contributed by atoms with Gasteiger partial charge < -0.3 is 9.84 Å². The molecule has 0 saturated heterocycles. The monoisotopic (exact) mass is 293 g/mol. The van der Waals surface area contributed by atoms with Crippen molar-refractivity contribution in [1.29, 1.82) is 0 Å². The van der Waals surface area contributed by atoms with Gasteiger partial charge in [-0.25, -0.2) is 9.48 Å². The fourth-order valence-electron chi connectivity index (χ4n) is 1.95. The number of nitrogens with zero attached hydrogens (tertiary/aromatic N) is 5. The third-order valence-electron chi connectivity index (χ3n) is 3.34. The van der Waals surface area contributed by atoms with Crippen molar-refractivity contribution in [3.8, 4) is 0 Å². The molecule has 21 heavy (non-hydrogen) atoms. The van der Waals surface area contributed by atoms with Gasteiger partial charge in [-0.1, -0.05) is 12.1 Å². The standard InChI is InChI=1S/C13H19N5O3/c1-4-9(2)17-6-5-10(15-17)7-18-11(8-21-3)12(13(19)20)14-16-18/h5-6,9H,4,7-8H2,1-3H3,(H,19,20). The molecule has 114 valence electrons. The summed E-state index contributed by atoms with van der Waals surface area (Å²) in [6, 6.07) is 2.22. The molecule has 2 rings (SSSR count). The number of aromatic nitrogens is 5. The van der Waals surface area contributed by atoms with Gasteiger partial charge in [0.2, 0.25) is 0 Å². The molecule has 0 aliphatic heterocycles. The molecule has 2 heterocycles. The van der Waals surface area contributed by atoms with Crippen LogP contribution in [0.1, 0.15) is 48.2 Å². The van der Waals surface area contributed by atoms with E-state index in [0.29, 0.717) is 18.3 Å². The van der Waals surface area contributed by atoms with Crippen LogP contribution < -0.4 is 0 Å². The Bertz CT molecular complexity index is 619. The van der Waals surface area contributed by atoms with Gasteiger partial charge >= 0.3 is 5.97 Å². The second-order valence-electron chi connectivity index (χ2n) is 4.82. The fraction of sp³-hybridized carbons (Fsp3) is 0.538. The van der Waals surface area contributed by atoms with E-state index in [9.17, 15) is 4.79 Å². The van der Waals surface area contributed by atoms with Crippen LogP contribution >= 0.6 is 0 Å².